The fourth-order valence-corrected chi connectivity index (χ4v) is 9.33. The first-order valence-corrected chi connectivity index (χ1v) is 22.9. The second-order valence-corrected chi connectivity index (χ2v) is 17.0. The van der Waals surface area contributed by atoms with Crippen molar-refractivity contribution in [3.05, 3.63) is 204 Å². The van der Waals surface area contributed by atoms with Crippen molar-refractivity contribution in [2.24, 2.45) is 0 Å². The number of rotatable bonds is 12. The standard InChI is InChI=1S/C59H46N6O4/c1-68-59(67)53(33-42-34-60-44-20-12-11-19-43(42)44)61-35-54(66)69-36-37-21-23-41(24-22-37)58-51-31-29-49(64-51)56(39-15-7-3-8-16-39)47-27-25-45(62-47)55(38-13-5-2-6-14-38)46-26-28-48(63-46)57(40-17-9-4-10-18-40)50-30-32-52(58)65-50/h2-32,34,53,60-62,65H,33,35-36H2,1H3/t53-/m0/s1. The number of benzene rings is 5. The van der Waals surface area contributed by atoms with Gasteiger partial charge in [0, 0.05) is 67.8 Å². The maximum absolute atomic E-state index is 13.1. The number of aromatic nitrogens is 5. The molecule has 0 aliphatic carbocycles. The largest absolute Gasteiger partial charge is 0.468 e. The summed E-state index contributed by atoms with van der Waals surface area (Å²) in [5, 5.41) is 4.07. The lowest BCUT2D eigenvalue weighted by Crippen LogP contribution is -2.42. The average Bonchev–Trinajstić information content (AvgIpc) is 4.28. The molecule has 5 aromatic carbocycles. The predicted octanol–water partition coefficient (Wildman–Crippen LogP) is 12.2. The van der Waals surface area contributed by atoms with Gasteiger partial charge in [-0.2, -0.15) is 0 Å². The highest BCUT2D eigenvalue weighted by Gasteiger charge is 2.23. The zero-order chi connectivity index (χ0) is 46.7. The lowest BCUT2D eigenvalue weighted by atomic mass is 10.0. The number of hydrogen-bond donors (Lipinski definition) is 4. The van der Waals surface area contributed by atoms with E-state index in [0.717, 1.165) is 111 Å². The van der Waals surface area contributed by atoms with Gasteiger partial charge in [0.15, 0.2) is 0 Å². The molecule has 2 aliphatic heterocycles. The molecule has 6 heterocycles. The van der Waals surface area contributed by atoms with Gasteiger partial charge in [0.25, 0.3) is 0 Å². The second kappa shape index (κ2) is 18.8. The molecule has 0 radical (unpaired) electrons. The number of hydrogen-bond acceptors (Lipinski definition) is 7. The third-order valence-corrected chi connectivity index (χ3v) is 12.7. The second-order valence-electron chi connectivity index (χ2n) is 17.0. The lowest BCUT2D eigenvalue weighted by molar-refractivity contribution is -0.145. The van der Waals surface area contributed by atoms with Gasteiger partial charge < -0.3 is 24.4 Å². The Balaban J connectivity index is 0.983. The van der Waals surface area contributed by atoms with Gasteiger partial charge in [-0.3, -0.25) is 14.9 Å². The number of nitrogens with one attached hydrogen (secondary N) is 4. The number of carbonyl (C=O) groups excluding carboxylic acids is 2. The van der Waals surface area contributed by atoms with Crippen molar-refractivity contribution in [3.8, 4) is 44.5 Å². The summed E-state index contributed by atoms with van der Waals surface area (Å²) >= 11 is 0. The highest BCUT2D eigenvalue weighted by Crippen LogP contribution is 2.38. The van der Waals surface area contributed by atoms with Gasteiger partial charge in [-0.05, 0) is 88.0 Å². The Morgan fingerprint density at radius 1 is 0.522 bits per heavy atom. The van der Waals surface area contributed by atoms with Gasteiger partial charge in [-0.1, -0.05) is 133 Å². The summed E-state index contributed by atoms with van der Waals surface area (Å²) in [6, 6.07) is 54.7. The van der Waals surface area contributed by atoms with Crippen molar-refractivity contribution in [3.63, 3.8) is 0 Å². The number of carbonyl (C=O) groups is 2. The molecule has 9 aromatic rings. The molecule has 0 saturated carbocycles. The van der Waals surface area contributed by atoms with Gasteiger partial charge in [0.1, 0.15) is 12.6 Å². The number of aromatic amines is 3. The van der Waals surface area contributed by atoms with E-state index in [1.54, 1.807) is 0 Å². The number of nitrogens with zero attached hydrogens (tertiary/aromatic N) is 2. The molecule has 11 rings (SSSR count). The van der Waals surface area contributed by atoms with E-state index in [-0.39, 0.29) is 13.2 Å². The number of esters is 2. The van der Waals surface area contributed by atoms with Crippen LogP contribution >= 0.6 is 0 Å². The molecule has 0 spiro atoms. The summed E-state index contributed by atoms with van der Waals surface area (Å²) in [5.74, 6) is -0.947. The summed E-state index contributed by atoms with van der Waals surface area (Å²) in [6.07, 6.45) is 10.6. The van der Waals surface area contributed by atoms with Crippen LogP contribution in [0.2, 0.25) is 0 Å². The summed E-state index contributed by atoms with van der Waals surface area (Å²) in [5.41, 5.74) is 17.5. The third kappa shape index (κ3) is 8.68. The van der Waals surface area contributed by atoms with E-state index < -0.39 is 18.0 Å². The van der Waals surface area contributed by atoms with Crippen LogP contribution in [0.25, 0.3) is 102 Å². The van der Waals surface area contributed by atoms with Crippen molar-refractivity contribution in [1.82, 2.24) is 30.2 Å². The van der Waals surface area contributed by atoms with Crippen LogP contribution in [-0.4, -0.2) is 56.6 Å². The third-order valence-electron chi connectivity index (χ3n) is 12.7. The Morgan fingerprint density at radius 2 is 0.957 bits per heavy atom. The summed E-state index contributed by atoms with van der Waals surface area (Å²) in [4.78, 5) is 47.5. The molecular formula is C59H46N6O4. The van der Waals surface area contributed by atoms with Crippen LogP contribution in [0.4, 0.5) is 0 Å². The Bertz CT molecular complexity index is 3570. The van der Waals surface area contributed by atoms with Gasteiger partial charge in [-0.15, -0.1) is 0 Å². The molecule has 10 heteroatoms. The number of ether oxygens (including phenoxy) is 2. The minimum atomic E-state index is -0.738. The minimum Gasteiger partial charge on any atom is -0.468 e. The van der Waals surface area contributed by atoms with E-state index in [1.165, 1.54) is 7.11 Å². The van der Waals surface area contributed by atoms with Gasteiger partial charge in [0.05, 0.1) is 36.4 Å². The molecule has 0 amide bonds. The average molecular weight is 903 g/mol. The Morgan fingerprint density at radius 3 is 1.42 bits per heavy atom. The molecule has 8 bridgehead atoms. The zero-order valence-corrected chi connectivity index (χ0v) is 37.7. The van der Waals surface area contributed by atoms with Crippen molar-refractivity contribution in [2.75, 3.05) is 13.7 Å². The van der Waals surface area contributed by atoms with Gasteiger partial charge >= 0.3 is 11.9 Å². The molecule has 69 heavy (non-hydrogen) atoms. The van der Waals surface area contributed by atoms with E-state index >= 15 is 0 Å². The minimum absolute atomic E-state index is 0.0495. The number of H-pyrrole nitrogens is 3. The van der Waals surface area contributed by atoms with Crippen molar-refractivity contribution in [1.29, 1.82) is 0 Å². The van der Waals surface area contributed by atoms with Gasteiger partial charge in [-0.25, -0.2) is 9.97 Å². The smallest absolute Gasteiger partial charge is 0.323 e. The highest BCUT2D eigenvalue weighted by atomic mass is 16.5. The van der Waals surface area contributed by atoms with Crippen molar-refractivity contribution < 1.29 is 19.1 Å². The maximum atomic E-state index is 13.1. The maximum Gasteiger partial charge on any atom is 0.323 e. The van der Waals surface area contributed by atoms with E-state index in [1.807, 2.05) is 97.2 Å². The quantitative estimate of drug-likeness (QED) is 0.0896. The van der Waals surface area contributed by atoms with E-state index in [9.17, 15) is 9.59 Å². The SMILES string of the molecule is COC(=O)[C@H](Cc1c[nH]c2ccccc12)NCC(=O)OCc1ccc(-c2c3nc(c(-c4ccccc4)c4ccc([nH]4)c(-c4ccccc4)c4nc(c(-c5ccccc5)c5ccc2[nH]5)C=C4)C=C3)cc1. The molecule has 0 unspecified atom stereocenters. The first-order chi connectivity index (χ1) is 34.0. The number of fused-ring (bicyclic) bond motifs is 9. The van der Waals surface area contributed by atoms with Gasteiger partial charge in [0.2, 0.25) is 0 Å². The van der Waals surface area contributed by atoms with Crippen LogP contribution in [0.3, 0.4) is 0 Å². The molecule has 0 saturated heterocycles. The van der Waals surface area contributed by atoms with Crippen molar-refractivity contribution in [2.45, 2.75) is 19.1 Å². The summed E-state index contributed by atoms with van der Waals surface area (Å²) < 4.78 is 10.8. The molecule has 2 aliphatic rings. The van der Waals surface area contributed by atoms with Crippen LogP contribution in [0.15, 0.2) is 170 Å². The van der Waals surface area contributed by atoms with Crippen LogP contribution in [0.1, 0.15) is 33.9 Å². The van der Waals surface area contributed by atoms with Crippen LogP contribution in [0.5, 0.6) is 0 Å². The van der Waals surface area contributed by atoms with E-state index in [4.69, 9.17) is 19.4 Å². The summed E-state index contributed by atoms with van der Waals surface area (Å²) in [6.45, 7) is -0.117. The Hall–Kier alpha value is -8.86. The van der Waals surface area contributed by atoms with E-state index in [0.29, 0.717) is 6.42 Å². The predicted molar refractivity (Wildman–Crippen MR) is 276 cm³/mol. The fourth-order valence-electron chi connectivity index (χ4n) is 9.33. The number of para-hydroxylation sites is 1. The molecule has 4 aromatic heterocycles. The first-order valence-electron chi connectivity index (χ1n) is 22.9. The normalized spacial score (nSPS) is 12.3. The molecule has 10 nitrogen and oxygen atoms in total. The van der Waals surface area contributed by atoms with E-state index in [2.05, 4.69) is 117 Å². The first kappa shape index (κ1) is 42.8. The summed E-state index contributed by atoms with van der Waals surface area (Å²) in [7, 11) is 1.34. The Labute approximate surface area is 398 Å². The molecule has 0 fully saturated rings. The van der Waals surface area contributed by atoms with Crippen molar-refractivity contribution >= 4 is 69.2 Å². The topological polar surface area (TPSA) is 138 Å². The monoisotopic (exact) mass is 902 g/mol. The zero-order valence-electron chi connectivity index (χ0n) is 37.7. The highest BCUT2D eigenvalue weighted by molar-refractivity contribution is 6.00. The Kier molecular flexibility index (Phi) is 11.6. The van der Waals surface area contributed by atoms with Crippen LogP contribution in [0, 0.1) is 0 Å². The number of methoxy groups -OCH3 is 1. The molecule has 336 valence electrons. The molecule has 4 N–H and O–H groups in total. The fraction of sp³-hybridized carbons (Fsp3) is 0.0847. The van der Waals surface area contributed by atoms with Crippen LogP contribution in [-0.2, 0) is 32.1 Å². The molecule has 1 atom stereocenters. The lowest BCUT2D eigenvalue weighted by Gasteiger charge is -2.16. The molecular weight excluding hydrogens is 857 g/mol. The van der Waals surface area contributed by atoms with Crippen LogP contribution < -0.4 is 5.32 Å².